The van der Waals surface area contributed by atoms with E-state index in [1.54, 1.807) is 0 Å². The molecule has 1 saturated heterocycles. The minimum absolute atomic E-state index is 0.775. The van der Waals surface area contributed by atoms with E-state index in [0.29, 0.717) is 0 Å². The predicted octanol–water partition coefficient (Wildman–Crippen LogP) is -2.48. The summed E-state index contributed by atoms with van der Waals surface area (Å²) in [7, 11) is -5.03. The van der Waals surface area contributed by atoms with Gasteiger partial charge in [0.1, 0.15) is 24.4 Å². The Morgan fingerprint density at radius 2 is 1.81 bits per heavy atom. The average molecular weight is 330 g/mol. The van der Waals surface area contributed by atoms with Crippen molar-refractivity contribution in [2.75, 3.05) is 6.61 Å². The van der Waals surface area contributed by atoms with E-state index in [0.717, 1.165) is 0 Å². The third kappa shape index (κ3) is 4.46. The first-order valence-corrected chi connectivity index (χ1v) is 7.02. The number of hydrogen-bond acceptors (Lipinski definition) is 9. The van der Waals surface area contributed by atoms with Gasteiger partial charge < -0.3 is 34.8 Å². The minimum Gasteiger partial charge on any atom is -0.475 e. The summed E-state index contributed by atoms with van der Waals surface area (Å²) in [6.07, 6.45) is -8.76. The highest BCUT2D eigenvalue weighted by Gasteiger charge is 2.47. The number of hydrogen-bond donors (Lipinski definition) is 6. The smallest absolute Gasteiger partial charge is 0.475 e. The lowest BCUT2D eigenvalue weighted by Crippen LogP contribution is -2.58. The van der Waals surface area contributed by atoms with E-state index in [9.17, 15) is 29.6 Å². The van der Waals surface area contributed by atoms with Crippen molar-refractivity contribution in [2.45, 2.75) is 30.7 Å². The fourth-order valence-electron chi connectivity index (χ4n) is 1.49. The Hall–Kier alpha value is -1.04. The number of phosphoric ester groups is 1. The minimum atomic E-state index is -5.03. The van der Waals surface area contributed by atoms with Gasteiger partial charge in [-0.15, -0.1) is 0 Å². The topological polar surface area (TPSA) is 183 Å². The van der Waals surface area contributed by atoms with Gasteiger partial charge in [0.2, 0.25) is 5.76 Å². The van der Waals surface area contributed by atoms with E-state index >= 15 is 0 Å². The first kappa shape index (κ1) is 18.0. The lowest BCUT2D eigenvalue weighted by atomic mass is 10.00. The van der Waals surface area contributed by atoms with Crippen molar-refractivity contribution in [3.8, 4) is 0 Å². The van der Waals surface area contributed by atoms with Gasteiger partial charge in [-0.3, -0.25) is 4.89 Å². The molecule has 6 N–H and O–H groups in total. The summed E-state index contributed by atoms with van der Waals surface area (Å²) in [6.45, 7) is 2.07. The van der Waals surface area contributed by atoms with Crippen LogP contribution in [0.1, 0.15) is 0 Å². The molecule has 12 heteroatoms. The summed E-state index contributed by atoms with van der Waals surface area (Å²) in [5.74, 6) is -2.81. The Balaban J connectivity index is 2.78. The van der Waals surface area contributed by atoms with Crippen LogP contribution in [-0.4, -0.2) is 73.7 Å². The van der Waals surface area contributed by atoms with E-state index in [-0.39, 0.29) is 0 Å². The normalized spacial score (nSPS) is 35.8. The van der Waals surface area contributed by atoms with Gasteiger partial charge >= 0.3 is 13.8 Å². The molecule has 6 atom stereocenters. The first-order chi connectivity index (χ1) is 9.59. The molecule has 122 valence electrons. The quantitative estimate of drug-likeness (QED) is 0.172. The van der Waals surface area contributed by atoms with Crippen molar-refractivity contribution < 1.29 is 53.6 Å². The number of carboxylic acid groups (broad SMARTS) is 1. The van der Waals surface area contributed by atoms with Crippen LogP contribution in [0.3, 0.4) is 0 Å². The molecule has 1 heterocycles. The first-order valence-electron chi connectivity index (χ1n) is 5.52. The Labute approximate surface area is 118 Å². The fourth-order valence-corrected chi connectivity index (χ4v) is 2.32. The monoisotopic (exact) mass is 330 g/mol. The maximum absolute atomic E-state index is 11.5. The van der Waals surface area contributed by atoms with Gasteiger partial charge in [0.05, 0.1) is 6.61 Å². The van der Waals surface area contributed by atoms with Crippen LogP contribution >= 0.6 is 7.82 Å². The van der Waals surface area contributed by atoms with E-state index in [1.807, 2.05) is 0 Å². The Kier molecular flexibility index (Phi) is 5.84. The van der Waals surface area contributed by atoms with Gasteiger partial charge in [-0.1, -0.05) is 0 Å². The number of aliphatic hydroxyl groups is 4. The van der Waals surface area contributed by atoms with Crippen LogP contribution in [0.4, 0.5) is 0 Å². The van der Waals surface area contributed by atoms with Crippen LogP contribution in [0.2, 0.25) is 0 Å². The highest BCUT2D eigenvalue weighted by Crippen LogP contribution is 2.48. The molecule has 0 radical (unpaired) electrons. The summed E-state index contributed by atoms with van der Waals surface area (Å²) in [6, 6.07) is 0. The molecular weight excluding hydrogens is 315 g/mol. The van der Waals surface area contributed by atoms with E-state index in [2.05, 4.69) is 15.6 Å². The molecule has 1 unspecified atom stereocenters. The summed E-state index contributed by atoms with van der Waals surface area (Å²) in [5.41, 5.74) is 0. The second-order valence-electron chi connectivity index (χ2n) is 4.09. The largest absolute Gasteiger partial charge is 0.530 e. The molecule has 1 fully saturated rings. The number of aliphatic carboxylic acids is 1. The summed E-state index contributed by atoms with van der Waals surface area (Å²) in [4.78, 5) is 19.7. The lowest BCUT2D eigenvalue weighted by molar-refractivity contribution is -0.280. The van der Waals surface area contributed by atoms with E-state index in [1.165, 1.54) is 0 Å². The molecule has 0 spiro atoms. The van der Waals surface area contributed by atoms with Crippen molar-refractivity contribution in [3.63, 3.8) is 0 Å². The van der Waals surface area contributed by atoms with Gasteiger partial charge in [-0.05, 0) is 6.58 Å². The molecule has 0 bridgehead atoms. The van der Waals surface area contributed by atoms with Crippen molar-refractivity contribution >= 4 is 13.8 Å². The zero-order valence-electron chi connectivity index (χ0n) is 10.5. The van der Waals surface area contributed by atoms with Gasteiger partial charge in [0.25, 0.3) is 0 Å². The zero-order valence-corrected chi connectivity index (χ0v) is 11.4. The predicted molar refractivity (Wildman–Crippen MR) is 62.5 cm³/mol. The zero-order chi connectivity index (χ0) is 16.4. The average Bonchev–Trinajstić information content (AvgIpc) is 2.38. The van der Waals surface area contributed by atoms with Crippen molar-refractivity contribution in [3.05, 3.63) is 12.3 Å². The van der Waals surface area contributed by atoms with Gasteiger partial charge in [0.15, 0.2) is 6.29 Å². The van der Waals surface area contributed by atoms with Crippen molar-refractivity contribution in [1.29, 1.82) is 0 Å². The van der Waals surface area contributed by atoms with Crippen LogP contribution < -0.4 is 0 Å². The molecule has 0 aromatic carbocycles. The second-order valence-corrected chi connectivity index (χ2v) is 5.42. The highest BCUT2D eigenvalue weighted by molar-refractivity contribution is 7.47. The van der Waals surface area contributed by atoms with E-state index in [4.69, 9.17) is 14.9 Å². The van der Waals surface area contributed by atoms with Gasteiger partial charge in [0, 0.05) is 0 Å². The van der Waals surface area contributed by atoms with Crippen molar-refractivity contribution in [1.82, 2.24) is 0 Å². The molecule has 1 rings (SSSR count). The third-order valence-corrected chi connectivity index (χ3v) is 3.47. The number of aliphatic hydroxyl groups excluding tert-OH is 4. The molecule has 1 aliphatic heterocycles. The number of rotatable bonds is 6. The van der Waals surface area contributed by atoms with Crippen LogP contribution in [-0.2, 0) is 23.1 Å². The lowest BCUT2D eigenvalue weighted by Gasteiger charge is -2.39. The summed E-state index contributed by atoms with van der Waals surface area (Å²) in [5, 5.41) is 45.9. The molecule has 11 nitrogen and oxygen atoms in total. The SMILES string of the molecule is C=C(OP(=O)(O)O[C@@H]1O[C@H](CO)[C@@H](O)[C@H](O)[C@H]1O)C(=O)O. The fraction of sp³-hybridized carbons (Fsp3) is 0.667. The molecule has 0 aromatic rings. The summed E-state index contributed by atoms with van der Waals surface area (Å²) >= 11 is 0. The highest BCUT2D eigenvalue weighted by atomic mass is 31.2. The number of carbonyl (C=O) groups is 1. The van der Waals surface area contributed by atoms with Crippen LogP contribution in [0.5, 0.6) is 0 Å². The maximum atomic E-state index is 11.5. The van der Waals surface area contributed by atoms with E-state index < -0.39 is 56.9 Å². The second kappa shape index (κ2) is 6.81. The standard InChI is InChI=1S/C9H15O11P/c1-3(8(14)15)19-21(16,17)20-9-7(13)6(12)5(11)4(2-10)18-9/h4-7,9-13H,1-2H2,(H,14,15)(H,16,17)/t4-,5-,6+,7-,9+/m1/s1. The maximum Gasteiger partial charge on any atom is 0.530 e. The Morgan fingerprint density at radius 1 is 1.24 bits per heavy atom. The molecule has 1 aliphatic rings. The molecule has 0 saturated carbocycles. The van der Waals surface area contributed by atoms with Gasteiger partial charge in [-0.25, -0.2) is 13.9 Å². The van der Waals surface area contributed by atoms with Crippen LogP contribution in [0, 0.1) is 0 Å². The number of carboxylic acids is 1. The molecule has 21 heavy (non-hydrogen) atoms. The van der Waals surface area contributed by atoms with Crippen LogP contribution in [0.15, 0.2) is 12.3 Å². The summed E-state index contributed by atoms with van der Waals surface area (Å²) < 4.78 is 24.8. The molecule has 0 amide bonds. The van der Waals surface area contributed by atoms with Crippen molar-refractivity contribution in [2.24, 2.45) is 0 Å². The van der Waals surface area contributed by atoms with Gasteiger partial charge in [-0.2, -0.15) is 0 Å². The molecule has 0 aliphatic carbocycles. The Morgan fingerprint density at radius 3 is 2.29 bits per heavy atom. The molecular formula is C9H15O11P. The Bertz CT molecular complexity index is 449. The molecule has 0 aromatic heterocycles. The number of ether oxygens (including phenoxy) is 1. The third-order valence-electron chi connectivity index (χ3n) is 2.55. The van der Waals surface area contributed by atoms with Crippen LogP contribution in [0.25, 0.3) is 0 Å². The number of phosphoric acid groups is 1.